The fourth-order valence-electron chi connectivity index (χ4n) is 2.81. The molecule has 1 aliphatic rings. The Hall–Kier alpha value is -2.14. The molecule has 1 aromatic heterocycles. The van der Waals surface area contributed by atoms with Crippen LogP contribution in [0.15, 0.2) is 30.3 Å². The van der Waals surface area contributed by atoms with Gasteiger partial charge in [-0.25, -0.2) is 4.98 Å². The molecule has 0 aliphatic carbocycles. The molecule has 0 spiro atoms. The van der Waals surface area contributed by atoms with Crippen molar-refractivity contribution in [1.82, 2.24) is 10.3 Å². The Morgan fingerprint density at radius 3 is 3.05 bits per heavy atom. The minimum absolute atomic E-state index is 0.449. The Kier molecular flexibility index (Phi) is 4.01. The van der Waals surface area contributed by atoms with E-state index in [1.54, 1.807) is 6.07 Å². The third kappa shape index (κ3) is 3.13. The molecular weight excluding hydrogens is 264 g/mol. The first-order chi connectivity index (χ1) is 10.2. The predicted molar refractivity (Wildman–Crippen MR) is 84.4 cm³/mol. The molecule has 0 unspecified atom stereocenters. The molecule has 2 aromatic rings. The Balaban J connectivity index is 1.78. The van der Waals surface area contributed by atoms with E-state index in [-0.39, 0.29) is 0 Å². The molecule has 0 bridgehead atoms. The number of pyridine rings is 1. The summed E-state index contributed by atoms with van der Waals surface area (Å²) in [6.45, 7) is 1.88. The quantitative estimate of drug-likeness (QED) is 0.783. The minimum atomic E-state index is -0.449. The molecule has 1 saturated heterocycles. The summed E-state index contributed by atoms with van der Waals surface area (Å²) >= 11 is 0. The number of amides is 1. The summed E-state index contributed by atoms with van der Waals surface area (Å²) in [6.07, 6.45) is 3.48. The number of benzene rings is 1. The number of primary amides is 1. The van der Waals surface area contributed by atoms with Crippen molar-refractivity contribution in [3.63, 3.8) is 0 Å². The topological polar surface area (TPSA) is 80.0 Å². The summed E-state index contributed by atoms with van der Waals surface area (Å²) in [5.74, 6) is 0.133. The maximum absolute atomic E-state index is 11.6. The molecule has 4 N–H and O–H groups in total. The highest BCUT2D eigenvalue weighted by molar-refractivity contribution is 6.01. The second-order valence-corrected chi connectivity index (χ2v) is 5.45. The van der Waals surface area contributed by atoms with E-state index in [9.17, 15) is 4.79 Å². The smallest absolute Gasteiger partial charge is 0.252 e. The maximum Gasteiger partial charge on any atom is 0.252 e. The van der Waals surface area contributed by atoms with E-state index in [2.05, 4.69) is 15.6 Å². The standard InChI is InChI=1S/C16H20N4O/c17-15(21)13-10-11-4-1-2-6-14(11)20-16(13)19-9-7-12-5-3-8-18-12/h1-2,4,6,10,12,18H,3,5,7-9H2,(H2,17,21)(H,19,20)/t12-/m1/s1. The van der Waals surface area contributed by atoms with E-state index < -0.39 is 5.91 Å². The number of nitrogens with one attached hydrogen (secondary N) is 2. The van der Waals surface area contributed by atoms with Gasteiger partial charge in [-0.05, 0) is 37.9 Å². The van der Waals surface area contributed by atoms with Crippen molar-refractivity contribution in [3.05, 3.63) is 35.9 Å². The summed E-state index contributed by atoms with van der Waals surface area (Å²) in [7, 11) is 0. The van der Waals surface area contributed by atoms with Gasteiger partial charge in [-0.1, -0.05) is 18.2 Å². The minimum Gasteiger partial charge on any atom is -0.369 e. The van der Waals surface area contributed by atoms with Gasteiger partial charge in [-0.2, -0.15) is 0 Å². The molecule has 1 atom stereocenters. The number of carbonyl (C=O) groups excluding carboxylic acids is 1. The zero-order chi connectivity index (χ0) is 14.7. The zero-order valence-corrected chi connectivity index (χ0v) is 11.9. The molecule has 2 heterocycles. The summed E-state index contributed by atoms with van der Waals surface area (Å²) in [4.78, 5) is 16.1. The molecule has 0 saturated carbocycles. The number of nitrogens with zero attached hydrogens (tertiary/aromatic N) is 1. The van der Waals surface area contributed by atoms with Gasteiger partial charge >= 0.3 is 0 Å². The monoisotopic (exact) mass is 284 g/mol. The fourth-order valence-corrected chi connectivity index (χ4v) is 2.81. The molecule has 1 aliphatic heterocycles. The van der Waals surface area contributed by atoms with Crippen molar-refractivity contribution in [2.45, 2.75) is 25.3 Å². The van der Waals surface area contributed by atoms with E-state index in [4.69, 9.17) is 5.73 Å². The molecule has 1 aromatic carbocycles. The van der Waals surface area contributed by atoms with Gasteiger partial charge in [0, 0.05) is 18.0 Å². The van der Waals surface area contributed by atoms with E-state index in [1.807, 2.05) is 24.3 Å². The van der Waals surface area contributed by atoms with Crippen LogP contribution in [0.1, 0.15) is 29.6 Å². The summed E-state index contributed by atoms with van der Waals surface area (Å²) < 4.78 is 0. The summed E-state index contributed by atoms with van der Waals surface area (Å²) in [5.41, 5.74) is 6.78. The van der Waals surface area contributed by atoms with E-state index in [0.29, 0.717) is 17.4 Å². The SMILES string of the molecule is NC(=O)c1cc2ccccc2nc1NCC[C@H]1CCCN1. The number of nitrogens with two attached hydrogens (primary N) is 1. The van der Waals surface area contributed by atoms with Crippen molar-refractivity contribution in [1.29, 1.82) is 0 Å². The Bertz CT molecular complexity index is 650. The van der Waals surface area contributed by atoms with E-state index in [0.717, 1.165) is 30.4 Å². The van der Waals surface area contributed by atoms with Crippen molar-refractivity contribution in [2.75, 3.05) is 18.4 Å². The molecule has 3 rings (SSSR count). The number of anilines is 1. The normalized spacial score (nSPS) is 18.0. The number of rotatable bonds is 5. The van der Waals surface area contributed by atoms with Crippen LogP contribution in [0.3, 0.4) is 0 Å². The molecule has 5 heteroatoms. The molecule has 1 fully saturated rings. The first kappa shape index (κ1) is 13.8. The lowest BCUT2D eigenvalue weighted by atomic mass is 10.1. The highest BCUT2D eigenvalue weighted by atomic mass is 16.1. The van der Waals surface area contributed by atoms with E-state index in [1.165, 1.54) is 12.8 Å². The van der Waals surface area contributed by atoms with Gasteiger partial charge in [0.05, 0.1) is 11.1 Å². The van der Waals surface area contributed by atoms with E-state index >= 15 is 0 Å². The van der Waals surface area contributed by atoms with Gasteiger partial charge in [0.1, 0.15) is 5.82 Å². The van der Waals surface area contributed by atoms with Gasteiger partial charge < -0.3 is 16.4 Å². The average molecular weight is 284 g/mol. The second kappa shape index (κ2) is 6.10. The lowest BCUT2D eigenvalue weighted by molar-refractivity contribution is 0.100. The van der Waals surface area contributed by atoms with Crippen molar-refractivity contribution >= 4 is 22.6 Å². The molecule has 0 radical (unpaired) electrons. The van der Waals surface area contributed by atoms with Gasteiger partial charge in [0.2, 0.25) is 0 Å². The number of hydrogen-bond acceptors (Lipinski definition) is 4. The fraction of sp³-hybridized carbons (Fsp3) is 0.375. The van der Waals surface area contributed by atoms with Crippen LogP contribution in [0, 0.1) is 0 Å². The van der Waals surface area contributed by atoms with Gasteiger partial charge in [-0.15, -0.1) is 0 Å². The van der Waals surface area contributed by atoms with Crippen molar-refractivity contribution in [2.24, 2.45) is 5.73 Å². The van der Waals surface area contributed by atoms with Crippen LogP contribution < -0.4 is 16.4 Å². The molecule has 1 amide bonds. The lowest BCUT2D eigenvalue weighted by Gasteiger charge is -2.13. The van der Waals surface area contributed by atoms with Crippen LogP contribution in [0.5, 0.6) is 0 Å². The van der Waals surface area contributed by atoms with Crippen LogP contribution in [0.4, 0.5) is 5.82 Å². The maximum atomic E-state index is 11.6. The molecular formula is C16H20N4O. The first-order valence-electron chi connectivity index (χ1n) is 7.41. The van der Waals surface area contributed by atoms with Crippen LogP contribution >= 0.6 is 0 Å². The Morgan fingerprint density at radius 2 is 2.29 bits per heavy atom. The highest BCUT2D eigenvalue weighted by Crippen LogP contribution is 2.20. The van der Waals surface area contributed by atoms with Gasteiger partial charge in [0.15, 0.2) is 0 Å². The summed E-state index contributed by atoms with van der Waals surface area (Å²) in [5, 5.41) is 7.64. The first-order valence-corrected chi connectivity index (χ1v) is 7.41. The number of aromatic nitrogens is 1. The largest absolute Gasteiger partial charge is 0.369 e. The van der Waals surface area contributed by atoms with Gasteiger partial charge in [-0.3, -0.25) is 4.79 Å². The van der Waals surface area contributed by atoms with Crippen LogP contribution in [-0.4, -0.2) is 30.0 Å². The number of carbonyl (C=O) groups is 1. The number of fused-ring (bicyclic) bond motifs is 1. The lowest BCUT2D eigenvalue weighted by Crippen LogP contribution is -2.25. The van der Waals surface area contributed by atoms with Crippen LogP contribution in [-0.2, 0) is 0 Å². The third-order valence-electron chi connectivity index (χ3n) is 3.94. The molecule has 5 nitrogen and oxygen atoms in total. The Labute approximate surface area is 123 Å². The zero-order valence-electron chi connectivity index (χ0n) is 11.9. The predicted octanol–water partition coefficient (Wildman–Crippen LogP) is 1.89. The Morgan fingerprint density at radius 1 is 1.43 bits per heavy atom. The highest BCUT2D eigenvalue weighted by Gasteiger charge is 2.15. The van der Waals surface area contributed by atoms with Crippen molar-refractivity contribution in [3.8, 4) is 0 Å². The van der Waals surface area contributed by atoms with Crippen LogP contribution in [0.2, 0.25) is 0 Å². The summed E-state index contributed by atoms with van der Waals surface area (Å²) in [6, 6.07) is 10.1. The van der Waals surface area contributed by atoms with Crippen LogP contribution in [0.25, 0.3) is 10.9 Å². The second-order valence-electron chi connectivity index (χ2n) is 5.45. The number of hydrogen-bond donors (Lipinski definition) is 3. The average Bonchev–Trinajstić information content (AvgIpc) is 2.99. The third-order valence-corrected chi connectivity index (χ3v) is 3.94. The number of para-hydroxylation sites is 1. The molecule has 21 heavy (non-hydrogen) atoms. The van der Waals surface area contributed by atoms with Crippen molar-refractivity contribution < 1.29 is 4.79 Å². The van der Waals surface area contributed by atoms with Gasteiger partial charge in [0.25, 0.3) is 5.91 Å². The molecule has 110 valence electrons.